The van der Waals surface area contributed by atoms with E-state index in [1.165, 1.54) is 0 Å². The first kappa shape index (κ1) is 11.0. The Kier molecular flexibility index (Phi) is 3.49. The van der Waals surface area contributed by atoms with E-state index < -0.39 is 12.1 Å². The van der Waals surface area contributed by atoms with Gasteiger partial charge in [0.05, 0.1) is 12.2 Å². The topological polar surface area (TPSA) is 56.9 Å². The summed E-state index contributed by atoms with van der Waals surface area (Å²) in [6.07, 6.45) is -1.68. The van der Waals surface area contributed by atoms with Crippen molar-refractivity contribution in [2.24, 2.45) is 0 Å². The maximum atomic E-state index is 12.3. The second-order valence-corrected chi connectivity index (χ2v) is 3.22. The Labute approximate surface area is 87.1 Å². The third-order valence-corrected chi connectivity index (χ3v) is 2.51. The summed E-state index contributed by atoms with van der Waals surface area (Å²) in [7, 11) is 0. The first-order valence-electron chi connectivity index (χ1n) is 3.58. The average Bonchev–Trinajstić information content (AvgIpc) is 2.17. The van der Waals surface area contributed by atoms with Crippen molar-refractivity contribution < 1.29 is 13.9 Å². The van der Waals surface area contributed by atoms with Crippen LogP contribution >= 0.6 is 15.9 Å². The van der Waals surface area contributed by atoms with Crippen LogP contribution in [0.15, 0.2) is 10.7 Å². The molecule has 0 aliphatic heterocycles. The van der Waals surface area contributed by atoms with Gasteiger partial charge in [-0.3, -0.25) is 4.98 Å². The smallest absolute Gasteiger partial charge is 0.281 e. The molecule has 1 rings (SSSR count). The lowest BCUT2D eigenvalue weighted by Crippen LogP contribution is -2.00. The van der Waals surface area contributed by atoms with Crippen LogP contribution in [0.2, 0.25) is 0 Å². The normalized spacial score (nSPS) is 10.3. The van der Waals surface area contributed by atoms with Gasteiger partial charge in [-0.2, -0.15) is 5.26 Å². The van der Waals surface area contributed by atoms with Gasteiger partial charge in [-0.1, -0.05) is 0 Å². The molecule has 0 spiro atoms. The quantitative estimate of drug-likeness (QED) is 0.889. The largest absolute Gasteiger partial charge is 0.392 e. The van der Waals surface area contributed by atoms with Crippen molar-refractivity contribution >= 4 is 15.9 Å². The zero-order chi connectivity index (χ0) is 10.7. The number of halogens is 3. The number of pyridine rings is 1. The van der Waals surface area contributed by atoms with Gasteiger partial charge in [-0.15, -0.1) is 0 Å². The van der Waals surface area contributed by atoms with Crippen molar-refractivity contribution in [1.82, 2.24) is 4.98 Å². The fourth-order valence-corrected chi connectivity index (χ4v) is 1.44. The van der Waals surface area contributed by atoms with E-state index in [1.54, 1.807) is 6.07 Å². The zero-order valence-corrected chi connectivity index (χ0v) is 8.42. The maximum Gasteiger partial charge on any atom is 0.281 e. The molecule has 0 radical (unpaired) electrons. The lowest BCUT2D eigenvalue weighted by atomic mass is 10.1. The van der Waals surface area contributed by atoms with E-state index in [4.69, 9.17) is 10.4 Å². The molecule has 1 aromatic heterocycles. The average molecular weight is 263 g/mol. The molecule has 3 nitrogen and oxygen atoms in total. The van der Waals surface area contributed by atoms with Gasteiger partial charge in [0.25, 0.3) is 6.43 Å². The zero-order valence-electron chi connectivity index (χ0n) is 6.84. The molecule has 0 aromatic carbocycles. The number of hydrogen-bond donors (Lipinski definition) is 1. The molecule has 0 atom stereocenters. The van der Waals surface area contributed by atoms with Crippen LogP contribution in [-0.2, 0) is 6.61 Å². The lowest BCUT2D eigenvalue weighted by molar-refractivity contribution is 0.145. The Morgan fingerprint density at radius 2 is 2.29 bits per heavy atom. The Morgan fingerprint density at radius 3 is 2.71 bits per heavy atom. The minimum Gasteiger partial charge on any atom is -0.392 e. The molecule has 74 valence electrons. The van der Waals surface area contributed by atoms with Crippen molar-refractivity contribution in [1.29, 1.82) is 5.26 Å². The van der Waals surface area contributed by atoms with Crippen LogP contribution in [0.5, 0.6) is 0 Å². The van der Waals surface area contributed by atoms with Gasteiger partial charge in [0.15, 0.2) is 0 Å². The van der Waals surface area contributed by atoms with Crippen LogP contribution in [0, 0.1) is 11.3 Å². The highest BCUT2D eigenvalue weighted by Gasteiger charge is 2.19. The van der Waals surface area contributed by atoms with Crippen LogP contribution in [0.4, 0.5) is 8.78 Å². The summed E-state index contributed by atoms with van der Waals surface area (Å²) in [6.45, 7) is -0.355. The molecule has 0 unspecified atom stereocenters. The summed E-state index contributed by atoms with van der Waals surface area (Å²) < 4.78 is 24.8. The van der Waals surface area contributed by atoms with E-state index in [1.807, 2.05) is 0 Å². The van der Waals surface area contributed by atoms with Gasteiger partial charge in [-0.25, -0.2) is 8.78 Å². The Morgan fingerprint density at radius 1 is 1.64 bits per heavy atom. The maximum absolute atomic E-state index is 12.3. The Balaban J connectivity index is 3.38. The first-order chi connectivity index (χ1) is 6.61. The summed E-state index contributed by atoms with van der Waals surface area (Å²) in [5.41, 5.74) is -0.492. The van der Waals surface area contributed by atoms with Gasteiger partial charge >= 0.3 is 0 Å². The molecule has 14 heavy (non-hydrogen) atoms. The summed E-state index contributed by atoms with van der Waals surface area (Å²) in [5, 5.41) is 17.4. The second kappa shape index (κ2) is 4.44. The number of nitrogens with zero attached hydrogens (tertiary/aromatic N) is 2. The number of alkyl halides is 2. The van der Waals surface area contributed by atoms with Crippen molar-refractivity contribution in [3.05, 3.63) is 27.5 Å². The molecular weight excluding hydrogens is 258 g/mol. The molecule has 1 aromatic rings. The van der Waals surface area contributed by atoms with Gasteiger partial charge in [-0.05, 0) is 15.9 Å². The first-order valence-corrected chi connectivity index (χ1v) is 4.37. The number of aliphatic hydroxyl groups excluding tert-OH is 1. The molecule has 6 heteroatoms. The molecule has 1 N–H and O–H groups in total. The monoisotopic (exact) mass is 262 g/mol. The second-order valence-electron chi connectivity index (χ2n) is 2.43. The van der Waals surface area contributed by atoms with E-state index >= 15 is 0 Å². The van der Waals surface area contributed by atoms with Gasteiger partial charge < -0.3 is 5.11 Å². The number of rotatable bonds is 2. The molecule has 0 aliphatic carbocycles. The van der Waals surface area contributed by atoms with Gasteiger partial charge in [0, 0.05) is 16.2 Å². The predicted molar refractivity (Wildman–Crippen MR) is 47.5 cm³/mol. The van der Waals surface area contributed by atoms with Crippen molar-refractivity contribution in [2.45, 2.75) is 13.0 Å². The minimum absolute atomic E-state index is 0.174. The summed E-state index contributed by atoms with van der Waals surface area (Å²) >= 11 is 2.96. The van der Waals surface area contributed by atoms with Crippen molar-refractivity contribution in [3.8, 4) is 6.07 Å². The van der Waals surface area contributed by atoms with E-state index in [0.717, 1.165) is 6.20 Å². The standard InChI is InChI=1S/C8H5BrF2N2O/c9-6-4(3-14)2-13-7(8(10)11)5(6)1-12/h2,8,14H,3H2. The van der Waals surface area contributed by atoms with E-state index in [0.29, 0.717) is 5.56 Å². The highest BCUT2D eigenvalue weighted by molar-refractivity contribution is 9.10. The number of nitriles is 1. The third-order valence-electron chi connectivity index (χ3n) is 1.61. The van der Waals surface area contributed by atoms with Crippen LogP contribution in [0.1, 0.15) is 23.2 Å². The van der Waals surface area contributed by atoms with Crippen molar-refractivity contribution in [3.63, 3.8) is 0 Å². The molecule has 0 amide bonds. The van der Waals surface area contributed by atoms with Gasteiger partial charge in [0.2, 0.25) is 0 Å². The van der Waals surface area contributed by atoms with E-state index in [2.05, 4.69) is 20.9 Å². The SMILES string of the molecule is N#Cc1c(C(F)F)ncc(CO)c1Br. The molecule has 0 saturated heterocycles. The minimum atomic E-state index is -2.80. The highest BCUT2D eigenvalue weighted by atomic mass is 79.9. The number of hydrogen-bond acceptors (Lipinski definition) is 3. The van der Waals surface area contributed by atoms with E-state index in [-0.39, 0.29) is 16.6 Å². The Bertz CT molecular complexity index is 390. The van der Waals surface area contributed by atoms with Crippen LogP contribution < -0.4 is 0 Å². The fraction of sp³-hybridized carbons (Fsp3) is 0.250. The molecule has 0 saturated carbocycles. The summed E-state index contributed by atoms with van der Waals surface area (Å²) in [4.78, 5) is 3.42. The Hall–Kier alpha value is -1.06. The summed E-state index contributed by atoms with van der Waals surface area (Å²) in [6, 6.07) is 1.62. The van der Waals surface area contributed by atoms with Crippen LogP contribution in [0.3, 0.4) is 0 Å². The molecule has 0 bridgehead atoms. The third kappa shape index (κ3) is 1.89. The lowest BCUT2D eigenvalue weighted by Gasteiger charge is -2.06. The number of aromatic nitrogens is 1. The number of aliphatic hydroxyl groups is 1. The van der Waals surface area contributed by atoms with Crippen LogP contribution in [0.25, 0.3) is 0 Å². The molecule has 0 fully saturated rings. The fourth-order valence-electron chi connectivity index (χ4n) is 0.924. The van der Waals surface area contributed by atoms with Gasteiger partial charge in [0.1, 0.15) is 11.8 Å². The predicted octanol–water partition coefficient (Wildman–Crippen LogP) is 2.15. The molecular formula is C8H5BrF2N2O. The summed E-state index contributed by atoms with van der Waals surface area (Å²) in [5.74, 6) is 0. The molecule has 0 aliphatic rings. The van der Waals surface area contributed by atoms with Crippen molar-refractivity contribution in [2.75, 3.05) is 0 Å². The highest BCUT2D eigenvalue weighted by Crippen LogP contribution is 2.28. The molecule has 1 heterocycles. The van der Waals surface area contributed by atoms with E-state index in [9.17, 15) is 8.78 Å². The van der Waals surface area contributed by atoms with Crippen LogP contribution in [-0.4, -0.2) is 10.1 Å².